The van der Waals surface area contributed by atoms with Gasteiger partial charge in [-0.2, -0.15) is 0 Å². The summed E-state index contributed by atoms with van der Waals surface area (Å²) in [6, 6.07) is 9.40. The number of hydrogen-bond acceptors (Lipinski definition) is 3. The van der Waals surface area contributed by atoms with Crippen LogP contribution in [0.5, 0.6) is 0 Å². The molecule has 1 aromatic heterocycles. The van der Waals surface area contributed by atoms with Crippen molar-refractivity contribution in [3.8, 4) is 11.3 Å². The lowest BCUT2D eigenvalue weighted by atomic mass is 9.95. The normalized spacial score (nSPS) is 20.5. The van der Waals surface area contributed by atoms with Gasteiger partial charge in [0.25, 0.3) is 0 Å². The quantitative estimate of drug-likeness (QED) is 0.379. The third-order valence-corrected chi connectivity index (χ3v) is 7.46. The summed E-state index contributed by atoms with van der Waals surface area (Å²) < 4.78 is 29.1. The third kappa shape index (κ3) is 4.78. The first kappa shape index (κ1) is 25.1. The monoisotopic (exact) mass is 524 g/mol. The van der Waals surface area contributed by atoms with Gasteiger partial charge in [0.2, 0.25) is 11.8 Å². The van der Waals surface area contributed by atoms with Crippen LogP contribution in [0, 0.1) is 24.5 Å². The van der Waals surface area contributed by atoms with Crippen molar-refractivity contribution in [1.29, 1.82) is 0 Å². The van der Waals surface area contributed by atoms with E-state index in [0.717, 1.165) is 23.4 Å². The number of nitrogens with zero attached hydrogens (tertiary/aromatic N) is 2. The molecule has 3 aromatic rings. The molecule has 6 nitrogen and oxygen atoms in total. The Hall–Kier alpha value is -3.52. The van der Waals surface area contributed by atoms with Gasteiger partial charge in [0.15, 0.2) is 5.82 Å². The third-order valence-electron chi connectivity index (χ3n) is 7.17. The molecule has 192 valence electrons. The number of rotatable bonds is 2. The van der Waals surface area contributed by atoms with Crippen molar-refractivity contribution in [2.75, 3.05) is 11.9 Å². The highest BCUT2D eigenvalue weighted by Crippen LogP contribution is 2.37. The lowest BCUT2D eigenvalue weighted by molar-refractivity contribution is -0.129. The smallest absolute Gasteiger partial charge is 0.247 e. The molecule has 5 rings (SSSR count). The predicted octanol–water partition coefficient (Wildman–Crippen LogP) is 6.43. The highest BCUT2D eigenvalue weighted by atomic mass is 35.5. The van der Waals surface area contributed by atoms with Crippen molar-refractivity contribution in [3.63, 3.8) is 0 Å². The van der Waals surface area contributed by atoms with Gasteiger partial charge in [0.05, 0.1) is 28.0 Å². The first-order chi connectivity index (χ1) is 17.7. The van der Waals surface area contributed by atoms with Gasteiger partial charge < -0.3 is 15.2 Å². The number of carbonyl (C=O) groups excluding carboxylic acids is 2. The zero-order valence-electron chi connectivity index (χ0n) is 20.6. The summed E-state index contributed by atoms with van der Waals surface area (Å²) in [5.41, 5.74) is 3.02. The van der Waals surface area contributed by atoms with Crippen LogP contribution in [-0.2, 0) is 9.59 Å². The average Bonchev–Trinajstić information content (AvgIpc) is 3.25. The van der Waals surface area contributed by atoms with Crippen LogP contribution in [0.3, 0.4) is 0 Å². The molecule has 9 heteroatoms. The van der Waals surface area contributed by atoms with Gasteiger partial charge >= 0.3 is 0 Å². The molecule has 2 amide bonds. The van der Waals surface area contributed by atoms with Crippen molar-refractivity contribution >= 4 is 34.7 Å². The molecule has 0 saturated carbocycles. The second-order valence-corrected chi connectivity index (χ2v) is 10.1. The van der Waals surface area contributed by atoms with E-state index >= 15 is 0 Å². The fraction of sp³-hybridized carbons (Fsp3) is 0.321. The van der Waals surface area contributed by atoms with E-state index in [1.807, 2.05) is 38.1 Å². The number of hydrogen-bond donors (Lipinski definition) is 2. The minimum Gasteiger partial charge on any atom is -0.344 e. The number of carbonyl (C=O) groups is 2. The number of aromatic amines is 1. The summed E-state index contributed by atoms with van der Waals surface area (Å²) in [5.74, 6) is -1.60. The summed E-state index contributed by atoms with van der Waals surface area (Å²) in [6.45, 7) is 4.07. The van der Waals surface area contributed by atoms with E-state index in [0.29, 0.717) is 36.5 Å². The first-order valence-electron chi connectivity index (χ1n) is 12.4. The Balaban J connectivity index is 1.53. The maximum Gasteiger partial charge on any atom is 0.247 e. The van der Waals surface area contributed by atoms with E-state index in [1.165, 1.54) is 6.08 Å². The topological polar surface area (TPSA) is 78.1 Å². The van der Waals surface area contributed by atoms with Crippen molar-refractivity contribution in [3.05, 3.63) is 76.2 Å². The number of amides is 2. The molecule has 0 spiro atoms. The number of nitrogens with one attached hydrogen (secondary N) is 2. The second kappa shape index (κ2) is 10.1. The second-order valence-electron chi connectivity index (χ2n) is 9.65. The van der Waals surface area contributed by atoms with E-state index in [4.69, 9.17) is 16.6 Å². The number of para-hydroxylation sites is 1. The van der Waals surface area contributed by atoms with Gasteiger partial charge in [-0.25, -0.2) is 13.8 Å². The van der Waals surface area contributed by atoms with E-state index in [9.17, 15) is 18.4 Å². The largest absolute Gasteiger partial charge is 0.344 e. The summed E-state index contributed by atoms with van der Waals surface area (Å²) in [5, 5.41) is 2.84. The van der Waals surface area contributed by atoms with Gasteiger partial charge in [0.1, 0.15) is 11.6 Å². The highest BCUT2D eigenvalue weighted by molar-refractivity contribution is 6.31. The van der Waals surface area contributed by atoms with Crippen molar-refractivity contribution < 1.29 is 18.4 Å². The molecular formula is C28H27ClF2N4O2. The number of aromatic nitrogens is 2. The number of halogens is 3. The van der Waals surface area contributed by atoms with E-state index in [1.54, 1.807) is 4.90 Å². The van der Waals surface area contributed by atoms with Crippen LogP contribution >= 0.6 is 11.6 Å². The lowest BCUT2D eigenvalue weighted by Gasteiger charge is -2.33. The molecule has 0 fully saturated rings. The molecule has 0 saturated heterocycles. The highest BCUT2D eigenvalue weighted by Gasteiger charge is 2.32. The van der Waals surface area contributed by atoms with Gasteiger partial charge in [0, 0.05) is 29.8 Å². The van der Waals surface area contributed by atoms with E-state index < -0.39 is 11.6 Å². The summed E-state index contributed by atoms with van der Waals surface area (Å²) in [4.78, 5) is 36.1. The Morgan fingerprint density at radius 3 is 2.68 bits per heavy atom. The summed E-state index contributed by atoms with van der Waals surface area (Å²) >= 11 is 5.87. The standard InChI is InChI=1S/C28H27ClF2N4O2/c1-15-6-5-9-22(27-32-16(2)26(34-27)18-7-3-4-8-21(18)33-28(15)37)35-13-12-17(14-23(35)36)24-20(30)11-10-19(29)25(24)31/h3-4,7-8,10-11,14-15,22H,5-6,9,12-13H2,1-2H3,(H,32,34)(H,33,37)/t15?,22-/m0/s1. The number of fused-ring (bicyclic) bond motifs is 4. The van der Waals surface area contributed by atoms with E-state index in [-0.39, 0.29) is 52.9 Å². The van der Waals surface area contributed by atoms with Crippen LogP contribution in [0.1, 0.15) is 55.7 Å². The minimum atomic E-state index is -0.864. The van der Waals surface area contributed by atoms with Crippen LogP contribution in [-0.4, -0.2) is 33.2 Å². The van der Waals surface area contributed by atoms with Gasteiger partial charge in [-0.15, -0.1) is 0 Å². The molecule has 2 bridgehead atoms. The van der Waals surface area contributed by atoms with Crippen LogP contribution in [0.4, 0.5) is 14.5 Å². The van der Waals surface area contributed by atoms with Gasteiger partial charge in [-0.3, -0.25) is 9.59 Å². The fourth-order valence-corrected chi connectivity index (χ4v) is 5.29. The number of anilines is 1. The Morgan fingerprint density at radius 1 is 1.11 bits per heavy atom. The SMILES string of the molecule is Cc1[nH]c2nc1-c1ccccc1NC(=O)C(C)CCC[C@@H]2N1CCC(c2c(F)ccc(Cl)c2F)=CC1=O. The lowest BCUT2D eigenvalue weighted by Crippen LogP contribution is -2.38. The van der Waals surface area contributed by atoms with Crippen LogP contribution in [0.2, 0.25) is 5.02 Å². The Kier molecular flexibility index (Phi) is 6.86. The molecule has 2 aliphatic heterocycles. The van der Waals surface area contributed by atoms with Crippen LogP contribution in [0.25, 0.3) is 16.8 Å². The van der Waals surface area contributed by atoms with E-state index in [2.05, 4.69) is 10.3 Å². The van der Waals surface area contributed by atoms with Crippen molar-refractivity contribution in [1.82, 2.24) is 14.9 Å². The molecule has 0 aliphatic carbocycles. The number of aryl methyl sites for hydroxylation is 1. The predicted molar refractivity (Wildman–Crippen MR) is 139 cm³/mol. The molecule has 2 aliphatic rings. The van der Waals surface area contributed by atoms with Crippen LogP contribution in [0.15, 0.2) is 42.5 Å². The molecule has 2 aromatic carbocycles. The molecule has 0 radical (unpaired) electrons. The number of benzene rings is 2. The van der Waals surface area contributed by atoms with Crippen molar-refractivity contribution in [2.45, 2.75) is 45.6 Å². The Labute approximate surface area is 218 Å². The molecule has 2 N–H and O–H groups in total. The Bertz CT molecular complexity index is 1420. The van der Waals surface area contributed by atoms with Crippen molar-refractivity contribution in [2.24, 2.45) is 5.92 Å². The zero-order valence-corrected chi connectivity index (χ0v) is 21.3. The molecular weight excluding hydrogens is 498 g/mol. The molecule has 3 heterocycles. The molecule has 2 atom stereocenters. The zero-order chi connectivity index (χ0) is 26.3. The minimum absolute atomic E-state index is 0.0646. The van der Waals surface area contributed by atoms with Gasteiger partial charge in [-0.1, -0.05) is 43.1 Å². The summed E-state index contributed by atoms with van der Waals surface area (Å²) in [6.07, 6.45) is 3.47. The van der Waals surface area contributed by atoms with Gasteiger partial charge in [-0.05, 0) is 50.0 Å². The molecule has 1 unspecified atom stereocenters. The van der Waals surface area contributed by atoms with Crippen LogP contribution < -0.4 is 5.32 Å². The summed E-state index contributed by atoms with van der Waals surface area (Å²) in [7, 11) is 0. The molecule has 37 heavy (non-hydrogen) atoms. The maximum absolute atomic E-state index is 14.6. The fourth-order valence-electron chi connectivity index (χ4n) is 5.13. The first-order valence-corrected chi connectivity index (χ1v) is 12.7. The number of imidazole rings is 1. The Morgan fingerprint density at radius 2 is 1.89 bits per heavy atom. The average molecular weight is 525 g/mol. The maximum atomic E-state index is 14.6. The number of H-pyrrole nitrogens is 1.